The molecule has 0 heterocycles. The quantitative estimate of drug-likeness (QED) is 0.384. The Morgan fingerprint density at radius 1 is 1.13 bits per heavy atom. The van der Waals surface area contributed by atoms with Crippen molar-refractivity contribution in [3.05, 3.63) is 59.2 Å². The second kappa shape index (κ2) is 7.84. The third-order valence-electron chi connectivity index (χ3n) is 3.16. The topological polar surface area (TPSA) is 77.4 Å². The highest BCUT2D eigenvalue weighted by atomic mass is 16.5. The highest BCUT2D eigenvalue weighted by molar-refractivity contribution is 5.89. The summed E-state index contributed by atoms with van der Waals surface area (Å²) in [6.45, 7) is 0.325. The van der Waals surface area contributed by atoms with E-state index in [1.807, 2.05) is 0 Å². The van der Waals surface area contributed by atoms with Crippen LogP contribution in [-0.4, -0.2) is 31.6 Å². The van der Waals surface area contributed by atoms with E-state index in [0.717, 1.165) is 5.56 Å². The lowest BCUT2D eigenvalue weighted by Crippen LogP contribution is -2.02. The van der Waals surface area contributed by atoms with E-state index in [2.05, 4.69) is 9.89 Å². The number of hydrogen-bond donors (Lipinski definition) is 1. The predicted molar refractivity (Wildman–Crippen MR) is 84.5 cm³/mol. The van der Waals surface area contributed by atoms with Crippen molar-refractivity contribution in [3.63, 3.8) is 0 Å². The summed E-state index contributed by atoms with van der Waals surface area (Å²) >= 11 is 0. The number of benzene rings is 2. The fraction of sp³-hybridized carbons (Fsp3) is 0.176. The molecule has 0 bridgehead atoms. The van der Waals surface area contributed by atoms with Gasteiger partial charge in [-0.2, -0.15) is 0 Å². The third kappa shape index (κ3) is 4.23. The first kappa shape index (κ1) is 16.4. The summed E-state index contributed by atoms with van der Waals surface area (Å²) in [6, 6.07) is 12.1. The van der Waals surface area contributed by atoms with Gasteiger partial charge in [-0.15, -0.1) is 0 Å². The molecular weight excluding hydrogens is 298 g/mol. The molecule has 0 atom stereocenters. The molecule has 6 heteroatoms. The van der Waals surface area contributed by atoms with Gasteiger partial charge in [0, 0.05) is 5.56 Å². The van der Waals surface area contributed by atoms with Gasteiger partial charge < -0.3 is 19.4 Å². The Balaban J connectivity index is 2.07. The smallest absolute Gasteiger partial charge is 0.337 e. The van der Waals surface area contributed by atoms with Gasteiger partial charge in [-0.25, -0.2) is 4.79 Å². The standard InChI is InChI=1S/C17H17NO5/c1-21-16-9-13(10-18-20)5-8-15(16)23-11-12-3-6-14(7-4-12)17(19)22-2/h3-10,20H,11H2,1-2H3. The number of nitrogens with zero attached hydrogens (tertiary/aromatic N) is 1. The van der Waals surface area contributed by atoms with Crippen LogP contribution in [0.25, 0.3) is 0 Å². The normalized spacial score (nSPS) is 10.5. The molecule has 0 amide bonds. The van der Waals surface area contributed by atoms with Crippen LogP contribution in [0.2, 0.25) is 0 Å². The van der Waals surface area contributed by atoms with Gasteiger partial charge in [0.25, 0.3) is 0 Å². The summed E-state index contributed by atoms with van der Waals surface area (Å²) in [5.41, 5.74) is 2.08. The molecule has 0 aliphatic carbocycles. The second-order valence-corrected chi connectivity index (χ2v) is 4.63. The molecule has 2 rings (SSSR count). The molecule has 0 unspecified atom stereocenters. The molecule has 0 aliphatic rings. The van der Waals surface area contributed by atoms with Crippen LogP contribution in [0.5, 0.6) is 11.5 Å². The first-order chi connectivity index (χ1) is 11.2. The number of carbonyl (C=O) groups excluding carboxylic acids is 1. The molecule has 23 heavy (non-hydrogen) atoms. The predicted octanol–water partition coefficient (Wildman–Crippen LogP) is 2.87. The zero-order valence-corrected chi connectivity index (χ0v) is 12.9. The molecule has 0 spiro atoms. The van der Waals surface area contributed by atoms with Crippen molar-refractivity contribution in [2.45, 2.75) is 6.61 Å². The maximum atomic E-state index is 11.4. The van der Waals surface area contributed by atoms with Crippen LogP contribution >= 0.6 is 0 Å². The molecule has 120 valence electrons. The Morgan fingerprint density at radius 2 is 1.87 bits per heavy atom. The Hall–Kier alpha value is -3.02. The van der Waals surface area contributed by atoms with Gasteiger partial charge in [0.1, 0.15) is 6.61 Å². The number of rotatable bonds is 6. The monoisotopic (exact) mass is 315 g/mol. The highest BCUT2D eigenvalue weighted by Gasteiger charge is 2.07. The highest BCUT2D eigenvalue weighted by Crippen LogP contribution is 2.28. The molecule has 2 aromatic rings. The Bertz CT molecular complexity index is 695. The molecule has 0 aromatic heterocycles. The van der Waals surface area contributed by atoms with E-state index in [9.17, 15) is 4.79 Å². The second-order valence-electron chi connectivity index (χ2n) is 4.63. The van der Waals surface area contributed by atoms with Crippen LogP contribution in [0.4, 0.5) is 0 Å². The summed E-state index contributed by atoms with van der Waals surface area (Å²) in [4.78, 5) is 11.4. The molecular formula is C17H17NO5. The first-order valence-corrected chi connectivity index (χ1v) is 6.83. The van der Waals surface area contributed by atoms with Crippen LogP contribution in [0.3, 0.4) is 0 Å². The molecule has 0 saturated heterocycles. The van der Waals surface area contributed by atoms with Gasteiger partial charge in [0.2, 0.25) is 0 Å². The van der Waals surface area contributed by atoms with E-state index in [0.29, 0.717) is 29.2 Å². The van der Waals surface area contributed by atoms with Crippen LogP contribution in [0.15, 0.2) is 47.6 Å². The van der Waals surface area contributed by atoms with Gasteiger partial charge in [-0.1, -0.05) is 17.3 Å². The van der Waals surface area contributed by atoms with Crippen molar-refractivity contribution in [1.82, 2.24) is 0 Å². The molecule has 0 saturated carbocycles. The van der Waals surface area contributed by atoms with Crippen LogP contribution < -0.4 is 9.47 Å². The summed E-state index contributed by atoms with van der Waals surface area (Å²) in [6.07, 6.45) is 1.30. The first-order valence-electron chi connectivity index (χ1n) is 6.83. The molecule has 0 radical (unpaired) electrons. The molecule has 2 aromatic carbocycles. The number of hydrogen-bond acceptors (Lipinski definition) is 6. The lowest BCUT2D eigenvalue weighted by molar-refractivity contribution is 0.0600. The van der Waals surface area contributed by atoms with E-state index in [4.69, 9.17) is 14.7 Å². The maximum absolute atomic E-state index is 11.4. The minimum Gasteiger partial charge on any atom is -0.493 e. The number of esters is 1. The fourth-order valence-corrected chi connectivity index (χ4v) is 1.97. The van der Waals surface area contributed by atoms with Gasteiger partial charge in [-0.05, 0) is 35.9 Å². The van der Waals surface area contributed by atoms with Crippen molar-refractivity contribution in [1.29, 1.82) is 0 Å². The average molecular weight is 315 g/mol. The molecule has 0 fully saturated rings. The van der Waals surface area contributed by atoms with Gasteiger partial charge >= 0.3 is 5.97 Å². The molecule has 1 N–H and O–H groups in total. The minimum atomic E-state index is -0.375. The van der Waals surface area contributed by atoms with E-state index in [1.54, 1.807) is 42.5 Å². The molecule has 6 nitrogen and oxygen atoms in total. The SMILES string of the molecule is COC(=O)c1ccc(COc2ccc(C=NO)cc2OC)cc1. The lowest BCUT2D eigenvalue weighted by Gasteiger charge is -2.11. The summed E-state index contributed by atoms with van der Waals surface area (Å²) in [7, 11) is 2.88. The Labute approximate surface area is 133 Å². The Morgan fingerprint density at radius 3 is 2.48 bits per heavy atom. The van der Waals surface area contributed by atoms with Gasteiger partial charge in [0.15, 0.2) is 11.5 Å². The van der Waals surface area contributed by atoms with Gasteiger partial charge in [0.05, 0.1) is 26.0 Å². The number of methoxy groups -OCH3 is 2. The average Bonchev–Trinajstić information content (AvgIpc) is 2.60. The van der Waals surface area contributed by atoms with Crippen molar-refractivity contribution in [2.24, 2.45) is 5.16 Å². The zero-order valence-electron chi connectivity index (χ0n) is 12.9. The Kier molecular flexibility index (Phi) is 5.57. The third-order valence-corrected chi connectivity index (χ3v) is 3.16. The van der Waals surface area contributed by atoms with Crippen molar-refractivity contribution >= 4 is 12.2 Å². The number of carbonyl (C=O) groups is 1. The van der Waals surface area contributed by atoms with E-state index < -0.39 is 0 Å². The zero-order chi connectivity index (χ0) is 16.7. The van der Waals surface area contributed by atoms with E-state index >= 15 is 0 Å². The van der Waals surface area contributed by atoms with Gasteiger partial charge in [-0.3, -0.25) is 0 Å². The lowest BCUT2D eigenvalue weighted by atomic mass is 10.1. The van der Waals surface area contributed by atoms with Crippen LogP contribution in [0, 0.1) is 0 Å². The van der Waals surface area contributed by atoms with Crippen LogP contribution in [0.1, 0.15) is 21.5 Å². The summed E-state index contributed by atoms with van der Waals surface area (Å²) in [5.74, 6) is 0.730. The van der Waals surface area contributed by atoms with Crippen molar-refractivity contribution in [2.75, 3.05) is 14.2 Å². The van der Waals surface area contributed by atoms with Crippen molar-refractivity contribution in [3.8, 4) is 11.5 Å². The summed E-state index contributed by atoms with van der Waals surface area (Å²) in [5, 5.41) is 11.5. The largest absolute Gasteiger partial charge is 0.493 e. The minimum absolute atomic E-state index is 0.325. The maximum Gasteiger partial charge on any atom is 0.337 e. The number of oxime groups is 1. The van der Waals surface area contributed by atoms with Crippen molar-refractivity contribution < 1.29 is 24.2 Å². The number of ether oxygens (including phenoxy) is 3. The van der Waals surface area contributed by atoms with E-state index in [1.165, 1.54) is 20.4 Å². The van der Waals surface area contributed by atoms with E-state index in [-0.39, 0.29) is 5.97 Å². The van der Waals surface area contributed by atoms with Crippen LogP contribution in [-0.2, 0) is 11.3 Å². The summed E-state index contributed by atoms with van der Waals surface area (Å²) < 4.78 is 15.6. The molecule has 0 aliphatic heterocycles. The fourth-order valence-electron chi connectivity index (χ4n) is 1.97.